The van der Waals surface area contributed by atoms with Gasteiger partial charge in [0.2, 0.25) is 5.91 Å². The maximum absolute atomic E-state index is 12.8. The Kier molecular flexibility index (Phi) is 43.7. The van der Waals surface area contributed by atoms with Crippen LogP contribution in [0.5, 0.6) is 0 Å². The molecule has 0 aromatic carbocycles. The van der Waals surface area contributed by atoms with Crippen LogP contribution in [0, 0.1) is 0 Å². The standard InChI is InChI=1S/C50H96N2O5/c1-3-5-7-9-11-13-14-15-16-17-18-19-20-21-22-23-24-25-26-28-34-38-44-49(54)57-46(40-35-31-27-12-10-8-6-4-2)41-36-32-29-30-33-37-43-48(53)52-47(50(55)56)42-39-45-51/h35,40,46-47H,3-34,36-39,41-45,51H2,1-2H3,(H,52,53)(H,55,56)/b40-35-. The fraction of sp³-hybridized carbons (Fsp3) is 0.900. The molecular formula is C50H96N2O5. The molecule has 0 rings (SSSR count). The van der Waals surface area contributed by atoms with Crippen molar-refractivity contribution in [2.75, 3.05) is 6.54 Å². The molecule has 0 aliphatic rings. The minimum absolute atomic E-state index is 0.0520. The van der Waals surface area contributed by atoms with Gasteiger partial charge in [-0.05, 0) is 64.0 Å². The minimum Gasteiger partial charge on any atom is -0.480 e. The topological polar surface area (TPSA) is 119 Å². The number of hydrogen-bond acceptors (Lipinski definition) is 5. The van der Waals surface area contributed by atoms with Crippen LogP contribution in [0.4, 0.5) is 0 Å². The first-order valence-corrected chi connectivity index (χ1v) is 25.0. The van der Waals surface area contributed by atoms with Crippen molar-refractivity contribution in [1.82, 2.24) is 5.32 Å². The number of carbonyl (C=O) groups is 3. The molecule has 2 atom stereocenters. The van der Waals surface area contributed by atoms with E-state index >= 15 is 0 Å². The number of carboxylic acids is 1. The van der Waals surface area contributed by atoms with Crippen molar-refractivity contribution in [2.24, 2.45) is 5.73 Å². The summed E-state index contributed by atoms with van der Waals surface area (Å²) in [5, 5.41) is 11.9. The number of unbranched alkanes of at least 4 members (excludes halogenated alkanes) is 32. The number of ether oxygens (including phenoxy) is 1. The van der Waals surface area contributed by atoms with E-state index in [0.717, 1.165) is 64.2 Å². The highest BCUT2D eigenvalue weighted by molar-refractivity contribution is 5.83. The van der Waals surface area contributed by atoms with E-state index < -0.39 is 12.0 Å². The van der Waals surface area contributed by atoms with Crippen LogP contribution < -0.4 is 11.1 Å². The number of nitrogens with one attached hydrogen (secondary N) is 1. The van der Waals surface area contributed by atoms with Crippen LogP contribution in [0.25, 0.3) is 0 Å². The van der Waals surface area contributed by atoms with E-state index in [1.54, 1.807) is 0 Å². The van der Waals surface area contributed by atoms with Crippen LogP contribution in [-0.2, 0) is 19.1 Å². The van der Waals surface area contributed by atoms with Crippen molar-refractivity contribution in [3.8, 4) is 0 Å². The molecule has 7 heteroatoms. The molecule has 336 valence electrons. The lowest BCUT2D eigenvalue weighted by Gasteiger charge is -2.15. The summed E-state index contributed by atoms with van der Waals surface area (Å²) in [5.41, 5.74) is 5.48. The number of hydrogen-bond donors (Lipinski definition) is 3. The molecular weight excluding hydrogens is 709 g/mol. The number of rotatable bonds is 46. The molecule has 0 aliphatic carbocycles. The van der Waals surface area contributed by atoms with Crippen molar-refractivity contribution in [3.05, 3.63) is 12.2 Å². The summed E-state index contributed by atoms with van der Waals surface area (Å²) in [6, 6.07) is -0.851. The number of allylic oxidation sites excluding steroid dienone is 1. The van der Waals surface area contributed by atoms with Gasteiger partial charge >= 0.3 is 11.9 Å². The highest BCUT2D eigenvalue weighted by Crippen LogP contribution is 2.18. The van der Waals surface area contributed by atoms with Crippen LogP contribution in [0.1, 0.15) is 271 Å². The lowest BCUT2D eigenvalue weighted by atomic mass is 10.0. The SMILES string of the molecule is CCCCCCCC/C=C\C(CCCCCCCCC(=O)NC(CCCN)C(=O)O)OC(=O)CCCCCCCCCCCCCCCCCCCCCCCC. The summed E-state index contributed by atoms with van der Waals surface area (Å²) in [6.07, 6.45) is 51.6. The average molecular weight is 805 g/mol. The molecule has 57 heavy (non-hydrogen) atoms. The zero-order chi connectivity index (χ0) is 41.7. The molecule has 0 aromatic heterocycles. The van der Waals surface area contributed by atoms with Gasteiger partial charge in [0.05, 0.1) is 0 Å². The van der Waals surface area contributed by atoms with Gasteiger partial charge in [-0.15, -0.1) is 0 Å². The van der Waals surface area contributed by atoms with Crippen molar-refractivity contribution in [1.29, 1.82) is 0 Å². The zero-order valence-corrected chi connectivity index (χ0v) is 38.0. The monoisotopic (exact) mass is 805 g/mol. The Morgan fingerprint density at radius 3 is 1.32 bits per heavy atom. The Hall–Kier alpha value is -1.89. The van der Waals surface area contributed by atoms with Gasteiger partial charge in [-0.25, -0.2) is 4.79 Å². The fourth-order valence-electron chi connectivity index (χ4n) is 7.77. The Labute approximate surface area is 353 Å². The van der Waals surface area contributed by atoms with Crippen molar-refractivity contribution in [2.45, 2.75) is 283 Å². The second-order valence-corrected chi connectivity index (χ2v) is 17.2. The van der Waals surface area contributed by atoms with Crippen LogP contribution in [0.3, 0.4) is 0 Å². The van der Waals surface area contributed by atoms with Crippen molar-refractivity contribution < 1.29 is 24.2 Å². The second-order valence-electron chi connectivity index (χ2n) is 17.2. The largest absolute Gasteiger partial charge is 0.480 e. The van der Waals surface area contributed by atoms with Gasteiger partial charge in [0.1, 0.15) is 12.1 Å². The maximum Gasteiger partial charge on any atom is 0.326 e. The van der Waals surface area contributed by atoms with E-state index in [4.69, 9.17) is 10.5 Å². The van der Waals surface area contributed by atoms with Crippen LogP contribution in [0.15, 0.2) is 12.2 Å². The Bertz CT molecular complexity index is 909. The lowest BCUT2D eigenvalue weighted by Crippen LogP contribution is -2.40. The molecule has 0 spiro atoms. The van der Waals surface area contributed by atoms with E-state index in [-0.39, 0.29) is 18.0 Å². The Morgan fingerprint density at radius 2 is 0.895 bits per heavy atom. The van der Waals surface area contributed by atoms with Gasteiger partial charge in [0, 0.05) is 12.8 Å². The van der Waals surface area contributed by atoms with E-state index in [2.05, 4.69) is 31.3 Å². The molecule has 0 heterocycles. The quantitative estimate of drug-likeness (QED) is 0.0320. The molecule has 2 unspecified atom stereocenters. The van der Waals surface area contributed by atoms with E-state index in [0.29, 0.717) is 32.2 Å². The molecule has 0 bridgehead atoms. The number of esters is 1. The van der Waals surface area contributed by atoms with Gasteiger partial charge in [0.15, 0.2) is 0 Å². The molecule has 0 radical (unpaired) electrons. The number of nitrogens with two attached hydrogens (primary N) is 1. The summed E-state index contributed by atoms with van der Waals surface area (Å²) in [7, 11) is 0. The molecule has 0 saturated carbocycles. The second kappa shape index (κ2) is 45.2. The van der Waals surface area contributed by atoms with Gasteiger partial charge < -0.3 is 20.9 Å². The van der Waals surface area contributed by atoms with Crippen LogP contribution in [-0.4, -0.2) is 41.6 Å². The van der Waals surface area contributed by atoms with Gasteiger partial charge in [-0.3, -0.25) is 9.59 Å². The highest BCUT2D eigenvalue weighted by Gasteiger charge is 2.19. The molecule has 0 saturated heterocycles. The van der Waals surface area contributed by atoms with Crippen LogP contribution >= 0.6 is 0 Å². The third kappa shape index (κ3) is 42.1. The smallest absolute Gasteiger partial charge is 0.326 e. The maximum atomic E-state index is 12.8. The van der Waals surface area contributed by atoms with Crippen molar-refractivity contribution in [3.63, 3.8) is 0 Å². The summed E-state index contributed by atoms with van der Waals surface area (Å²) >= 11 is 0. The fourth-order valence-corrected chi connectivity index (χ4v) is 7.77. The van der Waals surface area contributed by atoms with Crippen molar-refractivity contribution >= 4 is 17.8 Å². The zero-order valence-electron chi connectivity index (χ0n) is 38.0. The summed E-state index contributed by atoms with van der Waals surface area (Å²) < 4.78 is 5.98. The molecule has 4 N–H and O–H groups in total. The minimum atomic E-state index is -1.00. The van der Waals surface area contributed by atoms with Crippen LogP contribution in [0.2, 0.25) is 0 Å². The predicted molar refractivity (Wildman–Crippen MR) is 244 cm³/mol. The molecule has 1 amide bonds. The molecule has 0 aromatic rings. The first kappa shape index (κ1) is 55.1. The Morgan fingerprint density at radius 1 is 0.509 bits per heavy atom. The van der Waals surface area contributed by atoms with E-state index in [1.165, 1.54) is 167 Å². The third-order valence-corrected chi connectivity index (χ3v) is 11.6. The third-order valence-electron chi connectivity index (χ3n) is 11.6. The number of aliphatic carboxylic acids is 1. The average Bonchev–Trinajstić information content (AvgIpc) is 3.20. The van der Waals surface area contributed by atoms with Gasteiger partial charge in [-0.1, -0.05) is 213 Å². The first-order valence-electron chi connectivity index (χ1n) is 25.0. The first-order chi connectivity index (χ1) is 27.9. The summed E-state index contributed by atoms with van der Waals surface area (Å²) in [6.45, 7) is 4.96. The summed E-state index contributed by atoms with van der Waals surface area (Å²) in [4.78, 5) is 36.3. The van der Waals surface area contributed by atoms with E-state index in [9.17, 15) is 19.5 Å². The van der Waals surface area contributed by atoms with E-state index in [1.807, 2.05) is 0 Å². The number of carbonyl (C=O) groups excluding carboxylic acids is 2. The normalized spacial score (nSPS) is 12.6. The van der Waals surface area contributed by atoms with Gasteiger partial charge in [-0.2, -0.15) is 0 Å². The highest BCUT2D eigenvalue weighted by atomic mass is 16.5. The number of amides is 1. The molecule has 0 fully saturated rings. The summed E-state index contributed by atoms with van der Waals surface area (Å²) in [5.74, 6) is -1.25. The molecule has 7 nitrogen and oxygen atoms in total. The number of carboxylic acid groups (broad SMARTS) is 1. The Balaban J connectivity index is 4.05. The molecule has 0 aliphatic heterocycles. The van der Waals surface area contributed by atoms with Gasteiger partial charge in [0.25, 0.3) is 0 Å². The lowest BCUT2D eigenvalue weighted by molar-refractivity contribution is -0.147. The predicted octanol–water partition coefficient (Wildman–Crippen LogP) is 14.6.